The van der Waals surface area contributed by atoms with Crippen LogP contribution in [0.3, 0.4) is 0 Å². The van der Waals surface area contributed by atoms with E-state index in [1.807, 2.05) is 14.0 Å². The lowest BCUT2D eigenvalue weighted by Gasteiger charge is -2.37. The Bertz CT molecular complexity index is 462. The number of rotatable bonds is 4. The van der Waals surface area contributed by atoms with E-state index < -0.39 is 6.10 Å². The zero-order chi connectivity index (χ0) is 14.9. The first-order chi connectivity index (χ1) is 9.40. The molecule has 0 bridgehead atoms. The average Bonchev–Trinajstić information content (AvgIpc) is 2.65. The maximum absolute atomic E-state index is 10.4. The van der Waals surface area contributed by atoms with E-state index in [9.17, 15) is 5.11 Å². The van der Waals surface area contributed by atoms with Gasteiger partial charge in [0.05, 0.1) is 35.2 Å². The van der Waals surface area contributed by atoms with Crippen LogP contribution >= 0.6 is 11.6 Å². The van der Waals surface area contributed by atoms with Gasteiger partial charge in [0.15, 0.2) is 0 Å². The van der Waals surface area contributed by atoms with Gasteiger partial charge in [-0.25, -0.2) is 0 Å². The molecule has 1 aromatic rings. The van der Waals surface area contributed by atoms with Crippen LogP contribution in [-0.2, 0) is 18.2 Å². The fourth-order valence-electron chi connectivity index (χ4n) is 2.63. The predicted molar refractivity (Wildman–Crippen MR) is 79.1 cm³/mol. The first-order valence-corrected chi connectivity index (χ1v) is 7.49. The van der Waals surface area contributed by atoms with Gasteiger partial charge in [0.2, 0.25) is 0 Å². The minimum atomic E-state index is -0.566. The summed E-state index contributed by atoms with van der Waals surface area (Å²) in [5, 5.41) is 15.3. The molecule has 0 saturated carbocycles. The molecule has 0 radical (unpaired) electrons. The monoisotopic (exact) mass is 301 g/mol. The summed E-state index contributed by atoms with van der Waals surface area (Å²) in [4.78, 5) is 2.33. The van der Waals surface area contributed by atoms with Gasteiger partial charge in [-0.2, -0.15) is 5.10 Å². The molecule has 6 heteroatoms. The van der Waals surface area contributed by atoms with E-state index in [0.29, 0.717) is 24.1 Å². The molecule has 2 rings (SSSR count). The van der Waals surface area contributed by atoms with Crippen LogP contribution in [-0.4, -0.2) is 57.7 Å². The van der Waals surface area contributed by atoms with E-state index in [2.05, 4.69) is 23.8 Å². The third-order valence-electron chi connectivity index (χ3n) is 3.95. The van der Waals surface area contributed by atoms with Crippen molar-refractivity contribution >= 4 is 11.6 Å². The predicted octanol–water partition coefficient (Wildman–Crippen LogP) is 1.39. The fraction of sp³-hybridized carbons (Fsp3) is 0.786. The molecule has 1 N–H and O–H groups in total. The van der Waals surface area contributed by atoms with Crippen molar-refractivity contribution in [1.29, 1.82) is 0 Å². The Kier molecular flexibility index (Phi) is 5.07. The molecule has 1 fully saturated rings. The average molecular weight is 302 g/mol. The minimum Gasteiger partial charge on any atom is -0.390 e. The lowest BCUT2D eigenvalue weighted by atomic mass is 10.1. The highest BCUT2D eigenvalue weighted by Gasteiger charge is 2.29. The minimum absolute atomic E-state index is 0.169. The van der Waals surface area contributed by atoms with Gasteiger partial charge in [-0.15, -0.1) is 0 Å². The van der Waals surface area contributed by atoms with Crippen molar-refractivity contribution < 1.29 is 9.84 Å². The van der Waals surface area contributed by atoms with Crippen LogP contribution in [0.15, 0.2) is 0 Å². The Morgan fingerprint density at radius 1 is 1.50 bits per heavy atom. The van der Waals surface area contributed by atoms with Gasteiger partial charge in [-0.3, -0.25) is 9.58 Å². The molecule has 1 aliphatic rings. The maximum Gasteiger partial charge on any atom is 0.0964 e. The van der Waals surface area contributed by atoms with Gasteiger partial charge in [-0.1, -0.05) is 11.6 Å². The van der Waals surface area contributed by atoms with Crippen molar-refractivity contribution in [3.8, 4) is 0 Å². The van der Waals surface area contributed by atoms with Gasteiger partial charge in [0.1, 0.15) is 0 Å². The highest BCUT2D eigenvalue weighted by molar-refractivity contribution is 6.31. The standard InChI is InChI=1S/C14H24ClN3O2/c1-9(2)18-5-6-20-13(8-18)12(19)7-11-14(15)10(3)16-17(11)4/h9,12-13,19H,5-8H2,1-4H3. The number of aliphatic hydroxyl groups excluding tert-OH is 1. The van der Waals surface area contributed by atoms with Gasteiger partial charge in [0, 0.05) is 32.6 Å². The molecule has 5 nitrogen and oxygen atoms in total. The second-order valence-electron chi connectivity index (χ2n) is 5.74. The highest BCUT2D eigenvalue weighted by atomic mass is 35.5. The first-order valence-electron chi connectivity index (χ1n) is 7.11. The van der Waals surface area contributed by atoms with E-state index >= 15 is 0 Å². The molecule has 1 aliphatic heterocycles. The quantitative estimate of drug-likeness (QED) is 0.913. The Morgan fingerprint density at radius 2 is 2.20 bits per heavy atom. The molecule has 0 aromatic carbocycles. The summed E-state index contributed by atoms with van der Waals surface area (Å²) < 4.78 is 7.45. The van der Waals surface area contributed by atoms with Gasteiger partial charge in [0.25, 0.3) is 0 Å². The first kappa shape index (κ1) is 15.8. The zero-order valence-corrected chi connectivity index (χ0v) is 13.4. The summed E-state index contributed by atoms with van der Waals surface area (Å²) in [5.74, 6) is 0. The van der Waals surface area contributed by atoms with Crippen LogP contribution in [0.4, 0.5) is 0 Å². The number of aryl methyl sites for hydroxylation is 2. The zero-order valence-electron chi connectivity index (χ0n) is 12.6. The van der Waals surface area contributed by atoms with Crippen molar-refractivity contribution in [2.45, 2.75) is 45.4 Å². The molecule has 1 saturated heterocycles. The summed E-state index contributed by atoms with van der Waals surface area (Å²) in [6, 6.07) is 0.469. The number of aliphatic hydroxyl groups is 1. The molecule has 1 aromatic heterocycles. The van der Waals surface area contributed by atoms with Crippen LogP contribution < -0.4 is 0 Å². The largest absolute Gasteiger partial charge is 0.390 e. The smallest absolute Gasteiger partial charge is 0.0964 e. The van der Waals surface area contributed by atoms with Crippen molar-refractivity contribution in [3.05, 3.63) is 16.4 Å². The molecule has 114 valence electrons. The Hall–Kier alpha value is -0.620. The molecule has 0 amide bonds. The summed E-state index contributed by atoms with van der Waals surface area (Å²) in [5.41, 5.74) is 1.66. The third-order valence-corrected chi connectivity index (χ3v) is 4.44. The van der Waals surface area contributed by atoms with Crippen molar-refractivity contribution in [2.75, 3.05) is 19.7 Å². The lowest BCUT2D eigenvalue weighted by molar-refractivity contribution is -0.0944. The number of nitrogens with zero attached hydrogens (tertiary/aromatic N) is 3. The maximum atomic E-state index is 10.4. The second-order valence-corrected chi connectivity index (χ2v) is 6.12. The molecular formula is C14H24ClN3O2. The number of aromatic nitrogens is 2. The van der Waals surface area contributed by atoms with E-state index in [1.54, 1.807) is 4.68 Å². The van der Waals surface area contributed by atoms with Gasteiger partial charge < -0.3 is 9.84 Å². The number of halogens is 1. The van der Waals surface area contributed by atoms with Crippen LogP contribution in [0.2, 0.25) is 5.02 Å². The SMILES string of the molecule is Cc1nn(C)c(CC(O)C2CN(C(C)C)CCO2)c1Cl. The van der Waals surface area contributed by atoms with E-state index in [1.165, 1.54) is 0 Å². The normalized spacial score (nSPS) is 22.4. The van der Waals surface area contributed by atoms with Crippen LogP contribution in [0.25, 0.3) is 0 Å². The number of ether oxygens (including phenoxy) is 1. The number of hydrogen-bond acceptors (Lipinski definition) is 4. The fourth-order valence-corrected chi connectivity index (χ4v) is 2.87. The molecule has 2 unspecified atom stereocenters. The Balaban J connectivity index is 2.02. The molecule has 2 atom stereocenters. The summed E-state index contributed by atoms with van der Waals surface area (Å²) in [6.07, 6.45) is -0.270. The Morgan fingerprint density at radius 3 is 2.75 bits per heavy atom. The van der Waals surface area contributed by atoms with Crippen molar-refractivity contribution in [3.63, 3.8) is 0 Å². The molecule has 0 aliphatic carbocycles. The summed E-state index contributed by atoms with van der Waals surface area (Å²) in [7, 11) is 1.85. The van der Waals surface area contributed by atoms with E-state index in [0.717, 1.165) is 24.5 Å². The third kappa shape index (κ3) is 3.34. The Labute approximate surface area is 125 Å². The van der Waals surface area contributed by atoms with Crippen LogP contribution in [0, 0.1) is 6.92 Å². The summed E-state index contributed by atoms with van der Waals surface area (Å²) in [6.45, 7) is 8.54. The van der Waals surface area contributed by atoms with Gasteiger partial charge in [-0.05, 0) is 20.8 Å². The van der Waals surface area contributed by atoms with Crippen molar-refractivity contribution in [2.24, 2.45) is 7.05 Å². The van der Waals surface area contributed by atoms with E-state index in [-0.39, 0.29) is 6.10 Å². The molecule has 2 heterocycles. The molecule has 20 heavy (non-hydrogen) atoms. The van der Waals surface area contributed by atoms with Crippen LogP contribution in [0.1, 0.15) is 25.2 Å². The lowest BCUT2D eigenvalue weighted by Crippen LogP contribution is -2.50. The topological polar surface area (TPSA) is 50.5 Å². The number of morpholine rings is 1. The molecule has 0 spiro atoms. The van der Waals surface area contributed by atoms with Crippen LogP contribution in [0.5, 0.6) is 0 Å². The second kappa shape index (κ2) is 6.43. The van der Waals surface area contributed by atoms with Gasteiger partial charge >= 0.3 is 0 Å². The molecular weight excluding hydrogens is 278 g/mol. The summed E-state index contributed by atoms with van der Waals surface area (Å²) >= 11 is 6.23. The number of hydrogen-bond donors (Lipinski definition) is 1. The highest BCUT2D eigenvalue weighted by Crippen LogP contribution is 2.23. The van der Waals surface area contributed by atoms with Crippen molar-refractivity contribution in [1.82, 2.24) is 14.7 Å². The van der Waals surface area contributed by atoms with E-state index in [4.69, 9.17) is 16.3 Å².